The highest BCUT2D eigenvalue weighted by molar-refractivity contribution is 7.14. The van der Waals surface area contributed by atoms with Crippen molar-refractivity contribution in [1.29, 1.82) is 0 Å². The Hall–Kier alpha value is -2.36. The van der Waals surface area contributed by atoms with E-state index in [1.807, 2.05) is 25.1 Å². The van der Waals surface area contributed by atoms with Gasteiger partial charge >= 0.3 is 0 Å². The highest BCUT2D eigenvalue weighted by Gasteiger charge is 2.06. The van der Waals surface area contributed by atoms with Crippen LogP contribution in [-0.2, 0) is 0 Å². The van der Waals surface area contributed by atoms with Gasteiger partial charge < -0.3 is 5.32 Å². The molecule has 0 atom stereocenters. The van der Waals surface area contributed by atoms with Crippen LogP contribution in [0.5, 0.6) is 0 Å². The van der Waals surface area contributed by atoms with E-state index >= 15 is 0 Å². The zero-order chi connectivity index (χ0) is 16.5. The predicted molar refractivity (Wildman–Crippen MR) is 105 cm³/mol. The number of anilines is 2. The van der Waals surface area contributed by atoms with Gasteiger partial charge in [-0.25, -0.2) is 4.98 Å². The molecule has 0 amide bonds. The van der Waals surface area contributed by atoms with Crippen molar-refractivity contribution in [3.63, 3.8) is 0 Å². The third-order valence-corrected chi connectivity index (χ3v) is 5.14. The lowest BCUT2D eigenvalue weighted by Crippen LogP contribution is -1.90. The van der Waals surface area contributed by atoms with Crippen molar-refractivity contribution in [3.05, 3.63) is 76.6 Å². The Kier molecular flexibility index (Phi) is 3.97. The molecule has 3 aromatic carbocycles. The van der Waals surface area contributed by atoms with Crippen LogP contribution in [0.2, 0.25) is 5.02 Å². The lowest BCUT2D eigenvalue weighted by Gasteiger charge is -2.05. The number of hydrogen-bond acceptors (Lipinski definition) is 3. The number of nitrogens with zero attached hydrogens (tertiary/aromatic N) is 1. The van der Waals surface area contributed by atoms with Crippen LogP contribution in [0.4, 0.5) is 10.8 Å². The summed E-state index contributed by atoms with van der Waals surface area (Å²) >= 11 is 7.77. The summed E-state index contributed by atoms with van der Waals surface area (Å²) in [4.78, 5) is 4.70. The molecule has 0 aliphatic heterocycles. The molecule has 4 aromatic rings. The molecular weight excluding hydrogens is 336 g/mol. The molecule has 24 heavy (non-hydrogen) atoms. The molecule has 0 fully saturated rings. The largest absolute Gasteiger partial charge is 0.331 e. The van der Waals surface area contributed by atoms with E-state index < -0.39 is 0 Å². The first kappa shape index (κ1) is 15.2. The molecular formula is C20H15ClN2S. The van der Waals surface area contributed by atoms with Gasteiger partial charge in [0.05, 0.1) is 5.69 Å². The minimum absolute atomic E-state index is 0.756. The molecule has 1 N–H and O–H groups in total. The van der Waals surface area contributed by atoms with E-state index in [0.29, 0.717) is 0 Å². The summed E-state index contributed by atoms with van der Waals surface area (Å²) in [6.07, 6.45) is 0. The van der Waals surface area contributed by atoms with Crippen LogP contribution >= 0.6 is 22.9 Å². The van der Waals surface area contributed by atoms with Crippen LogP contribution in [0.15, 0.2) is 66.0 Å². The molecule has 0 aliphatic rings. The van der Waals surface area contributed by atoms with Crippen molar-refractivity contribution in [1.82, 2.24) is 4.98 Å². The van der Waals surface area contributed by atoms with Crippen LogP contribution in [-0.4, -0.2) is 4.98 Å². The number of halogens is 1. The second-order valence-electron chi connectivity index (χ2n) is 5.69. The Bertz CT molecular complexity index is 1020. The second kappa shape index (κ2) is 6.27. The first-order valence-electron chi connectivity index (χ1n) is 7.67. The number of rotatable bonds is 3. The third kappa shape index (κ3) is 3.01. The van der Waals surface area contributed by atoms with Crippen molar-refractivity contribution in [3.8, 4) is 11.3 Å². The van der Waals surface area contributed by atoms with Gasteiger partial charge in [-0.05, 0) is 41.5 Å². The van der Waals surface area contributed by atoms with Gasteiger partial charge in [-0.15, -0.1) is 11.3 Å². The first-order valence-corrected chi connectivity index (χ1v) is 8.93. The Morgan fingerprint density at radius 2 is 1.79 bits per heavy atom. The van der Waals surface area contributed by atoms with Crippen molar-refractivity contribution < 1.29 is 0 Å². The lowest BCUT2D eigenvalue weighted by atomic mass is 10.1. The molecule has 0 bridgehead atoms. The molecule has 0 unspecified atom stereocenters. The fraction of sp³-hybridized carbons (Fsp3) is 0.0500. The minimum atomic E-state index is 0.756. The van der Waals surface area contributed by atoms with Gasteiger partial charge in [0.25, 0.3) is 0 Å². The highest BCUT2D eigenvalue weighted by Crippen LogP contribution is 2.30. The number of aryl methyl sites for hydroxylation is 1. The summed E-state index contributed by atoms with van der Waals surface area (Å²) < 4.78 is 0. The number of benzene rings is 3. The van der Waals surface area contributed by atoms with E-state index in [4.69, 9.17) is 16.6 Å². The molecule has 2 nitrogen and oxygen atoms in total. The van der Waals surface area contributed by atoms with Crippen LogP contribution in [0.1, 0.15) is 5.56 Å². The van der Waals surface area contributed by atoms with E-state index in [-0.39, 0.29) is 0 Å². The normalized spacial score (nSPS) is 10.9. The van der Waals surface area contributed by atoms with Crippen molar-refractivity contribution in [2.45, 2.75) is 6.92 Å². The van der Waals surface area contributed by atoms with Crippen molar-refractivity contribution in [2.24, 2.45) is 0 Å². The summed E-state index contributed by atoms with van der Waals surface area (Å²) in [6.45, 7) is 1.99. The molecule has 1 aromatic heterocycles. The maximum absolute atomic E-state index is 6.18. The van der Waals surface area contributed by atoms with E-state index in [0.717, 1.165) is 32.7 Å². The summed E-state index contributed by atoms with van der Waals surface area (Å²) in [5.74, 6) is 0. The topological polar surface area (TPSA) is 24.9 Å². The highest BCUT2D eigenvalue weighted by atomic mass is 35.5. The van der Waals surface area contributed by atoms with Crippen LogP contribution < -0.4 is 5.32 Å². The second-order valence-corrected chi connectivity index (χ2v) is 6.95. The van der Waals surface area contributed by atoms with E-state index in [1.54, 1.807) is 11.3 Å². The van der Waals surface area contributed by atoms with Gasteiger partial charge in [-0.2, -0.15) is 0 Å². The molecule has 0 saturated heterocycles. The van der Waals surface area contributed by atoms with Gasteiger partial charge in [0.1, 0.15) is 0 Å². The van der Waals surface area contributed by atoms with Crippen LogP contribution in [0.3, 0.4) is 0 Å². The van der Waals surface area contributed by atoms with E-state index in [9.17, 15) is 0 Å². The molecule has 0 spiro atoms. The maximum atomic E-state index is 6.18. The average molecular weight is 351 g/mol. The summed E-state index contributed by atoms with van der Waals surface area (Å²) in [6, 6.07) is 20.7. The fourth-order valence-corrected chi connectivity index (χ4v) is 3.53. The molecule has 0 aliphatic carbocycles. The summed E-state index contributed by atoms with van der Waals surface area (Å²) in [5.41, 5.74) is 4.12. The average Bonchev–Trinajstić information content (AvgIpc) is 3.06. The quantitative estimate of drug-likeness (QED) is 0.446. The van der Waals surface area contributed by atoms with Gasteiger partial charge in [0.15, 0.2) is 5.13 Å². The molecule has 0 saturated carbocycles. The number of aromatic nitrogens is 1. The number of thiazole rings is 1. The van der Waals surface area contributed by atoms with E-state index in [2.05, 4.69) is 53.2 Å². The van der Waals surface area contributed by atoms with Crippen molar-refractivity contribution in [2.75, 3.05) is 5.32 Å². The Labute approximate surface area is 149 Å². The van der Waals surface area contributed by atoms with Gasteiger partial charge in [0, 0.05) is 21.7 Å². The molecule has 0 radical (unpaired) electrons. The Morgan fingerprint density at radius 3 is 2.62 bits per heavy atom. The zero-order valence-corrected chi connectivity index (χ0v) is 14.7. The standard InChI is InChI=1S/C20H15ClN2S/c1-13-6-9-17(11-18(13)21)22-20-23-19(12-24-20)16-8-7-14-4-2-3-5-15(14)10-16/h2-12H,1H3,(H,22,23). The van der Waals surface area contributed by atoms with Gasteiger partial charge in [-0.3, -0.25) is 0 Å². The smallest absolute Gasteiger partial charge is 0.187 e. The molecule has 118 valence electrons. The van der Waals surface area contributed by atoms with E-state index in [1.165, 1.54) is 10.8 Å². The summed E-state index contributed by atoms with van der Waals surface area (Å²) in [7, 11) is 0. The maximum Gasteiger partial charge on any atom is 0.187 e. The zero-order valence-electron chi connectivity index (χ0n) is 13.1. The lowest BCUT2D eigenvalue weighted by molar-refractivity contribution is 1.38. The van der Waals surface area contributed by atoms with Gasteiger partial charge in [0.2, 0.25) is 0 Å². The van der Waals surface area contributed by atoms with Crippen molar-refractivity contribution >= 4 is 44.5 Å². The predicted octanol–water partition coefficient (Wildman–Crippen LogP) is 6.67. The number of hydrogen-bond donors (Lipinski definition) is 1. The molecule has 4 heteroatoms. The first-order chi connectivity index (χ1) is 11.7. The monoisotopic (exact) mass is 350 g/mol. The minimum Gasteiger partial charge on any atom is -0.331 e. The van der Waals surface area contributed by atoms with Gasteiger partial charge in [-0.1, -0.05) is 54.1 Å². The van der Waals surface area contributed by atoms with Crippen LogP contribution in [0, 0.1) is 6.92 Å². The summed E-state index contributed by atoms with van der Waals surface area (Å²) in [5, 5.41) is 9.47. The van der Waals surface area contributed by atoms with Crippen LogP contribution in [0.25, 0.3) is 22.0 Å². The third-order valence-electron chi connectivity index (χ3n) is 3.97. The molecule has 1 heterocycles. The Balaban J connectivity index is 1.62. The SMILES string of the molecule is Cc1ccc(Nc2nc(-c3ccc4ccccc4c3)cs2)cc1Cl. The number of nitrogens with one attached hydrogen (secondary N) is 1. The Morgan fingerprint density at radius 1 is 0.958 bits per heavy atom. The number of fused-ring (bicyclic) bond motifs is 1. The fourth-order valence-electron chi connectivity index (χ4n) is 2.61. The molecule has 4 rings (SSSR count).